The average molecular weight is 623 g/mol. The van der Waals surface area contributed by atoms with E-state index >= 15 is 0 Å². The van der Waals surface area contributed by atoms with Crippen molar-refractivity contribution < 1.29 is 40.6 Å². The van der Waals surface area contributed by atoms with Gasteiger partial charge in [-0.25, -0.2) is 4.90 Å². The van der Waals surface area contributed by atoms with Crippen LogP contribution in [-0.2, 0) is 29.8 Å². The fourth-order valence-corrected chi connectivity index (χ4v) is 6.18. The standard InChI is InChI=1S/C28H22N4O9S2/c1-14-11-16(17-4-8-21(15(2)12-17)32-24(33)9-10-25(32)34)3-6-19(14)30-31-20-7-5-18-22(42(36,37)38)13-23(43(39,40)41)27(29)26(18)28(20)35/h3-13,35H,29H2,1-2H3,(H,36,37,38)(H,39,40,41)/b31-30+. The van der Waals surface area contributed by atoms with Crippen LogP contribution >= 0.6 is 0 Å². The van der Waals surface area contributed by atoms with E-state index in [2.05, 4.69) is 10.2 Å². The maximum atomic E-state index is 12.1. The fraction of sp³-hybridized carbons (Fsp3) is 0.0714. The van der Waals surface area contributed by atoms with Crippen LogP contribution < -0.4 is 10.6 Å². The molecule has 0 unspecified atom stereocenters. The number of phenolic OH excluding ortho intramolecular Hbond substituents is 1. The number of imide groups is 1. The Kier molecular flexibility index (Phi) is 7.14. The van der Waals surface area contributed by atoms with Crippen molar-refractivity contribution in [2.45, 2.75) is 23.6 Å². The second-order valence-corrected chi connectivity index (χ2v) is 12.4. The molecule has 5 rings (SSSR count). The lowest BCUT2D eigenvalue weighted by molar-refractivity contribution is -0.120. The van der Waals surface area contributed by atoms with Gasteiger partial charge < -0.3 is 10.8 Å². The number of aromatic hydroxyl groups is 1. The van der Waals surface area contributed by atoms with E-state index < -0.39 is 58.7 Å². The molecular weight excluding hydrogens is 600 g/mol. The summed E-state index contributed by atoms with van der Waals surface area (Å²) in [5.41, 5.74) is 8.90. The van der Waals surface area contributed by atoms with Gasteiger partial charge in [0.25, 0.3) is 32.1 Å². The first-order chi connectivity index (χ1) is 20.1. The lowest BCUT2D eigenvalue weighted by atomic mass is 9.99. The molecule has 0 saturated carbocycles. The van der Waals surface area contributed by atoms with Gasteiger partial charge in [0.15, 0.2) is 5.75 Å². The van der Waals surface area contributed by atoms with E-state index in [1.807, 2.05) is 12.1 Å². The summed E-state index contributed by atoms with van der Waals surface area (Å²) in [7, 11) is -10.0. The van der Waals surface area contributed by atoms with Crippen LogP contribution in [0, 0.1) is 13.8 Å². The number of benzene rings is 4. The number of amides is 2. The summed E-state index contributed by atoms with van der Waals surface area (Å²) >= 11 is 0. The minimum atomic E-state index is -5.04. The van der Waals surface area contributed by atoms with Crippen LogP contribution in [0.3, 0.4) is 0 Å². The molecule has 0 aromatic heterocycles. The highest BCUT2D eigenvalue weighted by atomic mass is 32.2. The third kappa shape index (κ3) is 5.37. The highest BCUT2D eigenvalue weighted by molar-refractivity contribution is 7.87. The molecule has 1 aliphatic heterocycles. The Labute approximate surface area is 245 Å². The molecule has 0 fully saturated rings. The number of aryl methyl sites for hydroxylation is 2. The molecule has 1 aliphatic rings. The number of carbonyl (C=O) groups excluding carboxylic acids is 2. The molecular formula is C28H22N4O9S2. The summed E-state index contributed by atoms with van der Waals surface area (Å²) in [4.78, 5) is 23.3. The zero-order chi connectivity index (χ0) is 31.4. The van der Waals surface area contributed by atoms with Crippen molar-refractivity contribution in [3.63, 3.8) is 0 Å². The van der Waals surface area contributed by atoms with Crippen LogP contribution in [0.15, 0.2) is 86.8 Å². The number of anilines is 2. The van der Waals surface area contributed by atoms with E-state index in [1.165, 1.54) is 18.2 Å². The largest absolute Gasteiger partial charge is 0.505 e. The minimum Gasteiger partial charge on any atom is -0.505 e. The number of azo groups is 1. The maximum Gasteiger partial charge on any atom is 0.296 e. The highest BCUT2D eigenvalue weighted by Crippen LogP contribution is 2.44. The van der Waals surface area contributed by atoms with E-state index in [0.29, 0.717) is 28.6 Å². The van der Waals surface area contributed by atoms with Gasteiger partial charge in [-0.1, -0.05) is 18.2 Å². The Bertz CT molecular complexity index is 2160. The van der Waals surface area contributed by atoms with E-state index in [4.69, 9.17) is 5.73 Å². The summed E-state index contributed by atoms with van der Waals surface area (Å²) in [5.74, 6) is -1.56. The van der Waals surface area contributed by atoms with Crippen LogP contribution in [0.25, 0.3) is 21.9 Å². The first kappa shape index (κ1) is 29.5. The summed E-state index contributed by atoms with van der Waals surface area (Å²) < 4.78 is 66.6. The summed E-state index contributed by atoms with van der Waals surface area (Å²) in [5, 5.41) is 18.3. The van der Waals surface area contributed by atoms with Crippen LogP contribution in [-0.4, -0.2) is 42.9 Å². The van der Waals surface area contributed by atoms with Crippen LogP contribution in [0.5, 0.6) is 5.75 Å². The third-order valence-electron chi connectivity index (χ3n) is 6.82. The van der Waals surface area contributed by atoms with Crippen LogP contribution in [0.4, 0.5) is 22.7 Å². The molecule has 2 amide bonds. The molecule has 1 heterocycles. The van der Waals surface area contributed by atoms with Crippen molar-refractivity contribution in [3.05, 3.63) is 77.9 Å². The number of hydrogen-bond acceptors (Lipinski definition) is 10. The molecule has 0 aliphatic carbocycles. The number of nitrogens with two attached hydrogens (primary N) is 1. The van der Waals surface area contributed by atoms with E-state index in [0.717, 1.165) is 22.1 Å². The zero-order valence-electron chi connectivity index (χ0n) is 22.4. The van der Waals surface area contributed by atoms with Gasteiger partial charge >= 0.3 is 0 Å². The molecule has 0 radical (unpaired) electrons. The molecule has 0 saturated heterocycles. The number of phenols is 1. The molecule has 5 N–H and O–H groups in total. The van der Waals surface area contributed by atoms with Gasteiger partial charge in [-0.2, -0.15) is 21.9 Å². The number of fused-ring (bicyclic) bond motifs is 1. The monoisotopic (exact) mass is 622 g/mol. The van der Waals surface area contributed by atoms with Crippen LogP contribution in [0.2, 0.25) is 0 Å². The molecule has 0 bridgehead atoms. The van der Waals surface area contributed by atoms with Crippen molar-refractivity contribution in [2.75, 3.05) is 10.6 Å². The van der Waals surface area contributed by atoms with Crippen molar-refractivity contribution in [2.24, 2.45) is 10.2 Å². The van der Waals surface area contributed by atoms with Gasteiger partial charge in [0, 0.05) is 17.5 Å². The lowest BCUT2D eigenvalue weighted by Gasteiger charge is -2.17. The molecule has 13 nitrogen and oxygen atoms in total. The molecule has 0 spiro atoms. The van der Waals surface area contributed by atoms with E-state index in [1.54, 1.807) is 38.1 Å². The maximum absolute atomic E-state index is 12.1. The van der Waals surface area contributed by atoms with Gasteiger partial charge in [0.05, 0.1) is 22.4 Å². The molecule has 0 atom stereocenters. The molecule has 220 valence electrons. The first-order valence-corrected chi connectivity index (χ1v) is 15.2. The Balaban J connectivity index is 1.50. The van der Waals surface area contributed by atoms with Crippen molar-refractivity contribution in [1.29, 1.82) is 0 Å². The summed E-state index contributed by atoms with van der Waals surface area (Å²) in [6.45, 7) is 3.55. The quantitative estimate of drug-likeness (QED) is 0.100. The Morgan fingerprint density at radius 1 is 0.721 bits per heavy atom. The third-order valence-corrected chi connectivity index (χ3v) is 8.60. The molecule has 43 heavy (non-hydrogen) atoms. The molecule has 4 aromatic carbocycles. The van der Waals surface area contributed by atoms with Crippen molar-refractivity contribution in [3.8, 4) is 16.9 Å². The Hall–Kier alpha value is -4.96. The summed E-state index contributed by atoms with van der Waals surface area (Å²) in [6, 6.07) is 13.4. The first-order valence-electron chi connectivity index (χ1n) is 12.3. The lowest BCUT2D eigenvalue weighted by Crippen LogP contribution is -2.30. The Morgan fingerprint density at radius 2 is 1.26 bits per heavy atom. The summed E-state index contributed by atoms with van der Waals surface area (Å²) in [6.07, 6.45) is 2.43. The number of nitrogens with zero attached hydrogens (tertiary/aromatic N) is 3. The van der Waals surface area contributed by atoms with Crippen molar-refractivity contribution >= 4 is 65.6 Å². The predicted molar refractivity (Wildman–Crippen MR) is 157 cm³/mol. The second-order valence-electron chi connectivity index (χ2n) is 9.64. The highest BCUT2D eigenvalue weighted by Gasteiger charge is 2.28. The van der Waals surface area contributed by atoms with Gasteiger partial charge in [0.2, 0.25) is 0 Å². The average Bonchev–Trinajstić information content (AvgIpc) is 3.24. The minimum absolute atomic E-state index is 0.205. The number of carbonyl (C=O) groups is 2. The Morgan fingerprint density at radius 3 is 1.81 bits per heavy atom. The van der Waals surface area contributed by atoms with Crippen LogP contribution in [0.1, 0.15) is 11.1 Å². The topological polar surface area (TPSA) is 217 Å². The number of nitrogen functional groups attached to an aromatic ring is 1. The normalized spacial score (nSPS) is 14.0. The molecule has 15 heteroatoms. The predicted octanol–water partition coefficient (Wildman–Crippen LogP) is 4.75. The van der Waals surface area contributed by atoms with Crippen molar-refractivity contribution in [1.82, 2.24) is 0 Å². The van der Waals surface area contributed by atoms with Gasteiger partial charge in [-0.3, -0.25) is 18.7 Å². The smallest absolute Gasteiger partial charge is 0.296 e. The second kappa shape index (κ2) is 10.4. The SMILES string of the molecule is Cc1cc(-c2ccc(N3C(=O)C=CC3=O)c(C)c2)ccc1/N=N/c1ccc2c(S(=O)(=O)O)cc(S(=O)(=O)O)c(N)c2c1O. The van der Waals surface area contributed by atoms with E-state index in [9.17, 15) is 40.6 Å². The van der Waals surface area contributed by atoms with Gasteiger partial charge in [-0.15, -0.1) is 5.11 Å². The number of hydrogen-bond donors (Lipinski definition) is 4. The zero-order valence-corrected chi connectivity index (χ0v) is 24.0. The number of rotatable bonds is 6. The van der Waals surface area contributed by atoms with Gasteiger partial charge in [0.1, 0.15) is 15.5 Å². The molecule has 4 aromatic rings. The van der Waals surface area contributed by atoms with Gasteiger partial charge in [-0.05, 0) is 72.5 Å². The fourth-order valence-electron chi connectivity index (χ4n) is 4.74. The van der Waals surface area contributed by atoms with E-state index in [-0.39, 0.29) is 11.1 Å².